The van der Waals surface area contributed by atoms with E-state index >= 15 is 0 Å². The third kappa shape index (κ3) is 12.8. The number of halogens is 2. The zero-order chi connectivity index (χ0) is 10.5. The monoisotopic (exact) mass is 282 g/mol. The summed E-state index contributed by atoms with van der Waals surface area (Å²) in [7, 11) is 0. The highest BCUT2D eigenvalue weighted by Crippen LogP contribution is 2.11. The molecule has 0 aliphatic carbocycles. The number of rotatable bonds is 11. The average Bonchev–Trinajstić information content (AvgIpc) is 2.21. The van der Waals surface area contributed by atoms with Crippen molar-refractivity contribution in [3.8, 4) is 0 Å². The Balaban J connectivity index is 2.78. The fourth-order valence-corrected chi connectivity index (χ4v) is 2.19. The molecule has 0 amide bonds. The van der Waals surface area contributed by atoms with Crippen LogP contribution in [-0.2, 0) is 0 Å². The highest BCUT2D eigenvalue weighted by molar-refractivity contribution is 9.09. The van der Waals surface area contributed by atoms with Gasteiger partial charge in [0.2, 0.25) is 0 Å². The maximum atomic E-state index is 5.61. The van der Waals surface area contributed by atoms with Crippen LogP contribution < -0.4 is 0 Å². The van der Waals surface area contributed by atoms with Gasteiger partial charge in [-0.1, -0.05) is 67.3 Å². The van der Waals surface area contributed by atoms with Gasteiger partial charge in [-0.25, -0.2) is 0 Å². The van der Waals surface area contributed by atoms with Crippen LogP contribution in [0.1, 0.15) is 64.2 Å². The zero-order valence-electron chi connectivity index (χ0n) is 9.24. The van der Waals surface area contributed by atoms with E-state index in [1.807, 2.05) is 0 Å². The van der Waals surface area contributed by atoms with Crippen LogP contribution in [0.2, 0.25) is 0 Å². The molecule has 0 bridgehead atoms. The quantitative estimate of drug-likeness (QED) is 0.346. The second kappa shape index (κ2) is 13.8. The summed E-state index contributed by atoms with van der Waals surface area (Å²) < 4.78 is 0. The molecular weight excluding hydrogens is 259 g/mol. The molecule has 0 unspecified atom stereocenters. The molecule has 0 saturated carbocycles. The summed E-state index contributed by atoms with van der Waals surface area (Å²) in [6, 6.07) is 0. The van der Waals surface area contributed by atoms with E-state index in [-0.39, 0.29) is 0 Å². The fourth-order valence-electron chi connectivity index (χ4n) is 1.60. The number of hydrogen-bond donors (Lipinski definition) is 0. The first-order valence-corrected chi connectivity index (χ1v) is 7.69. The van der Waals surface area contributed by atoms with E-state index in [1.165, 1.54) is 69.5 Å². The smallest absolute Gasteiger partial charge is 0.0223 e. The molecule has 14 heavy (non-hydrogen) atoms. The molecule has 0 nitrogen and oxygen atoms in total. The van der Waals surface area contributed by atoms with Gasteiger partial charge in [0, 0.05) is 11.2 Å². The molecule has 0 aromatic rings. The molecule has 0 aromatic heterocycles. The first-order chi connectivity index (χ1) is 6.91. The molecule has 0 radical (unpaired) electrons. The highest BCUT2D eigenvalue weighted by atomic mass is 79.9. The Morgan fingerprint density at radius 3 is 1.29 bits per heavy atom. The van der Waals surface area contributed by atoms with Gasteiger partial charge in [0.05, 0.1) is 0 Å². The summed E-state index contributed by atoms with van der Waals surface area (Å²) in [4.78, 5) is 0. The van der Waals surface area contributed by atoms with Gasteiger partial charge in [0.1, 0.15) is 0 Å². The Bertz CT molecular complexity index is 84.3. The summed E-state index contributed by atoms with van der Waals surface area (Å²) in [6.07, 6.45) is 13.8. The second-order valence-corrected chi connectivity index (χ2v) is 5.08. The standard InChI is InChI=1S/C12H24BrCl/c13-11-9-7-5-3-1-2-4-6-8-10-12-14/h1-12H2. The van der Waals surface area contributed by atoms with Crippen molar-refractivity contribution in [3.63, 3.8) is 0 Å². The molecule has 0 atom stereocenters. The maximum absolute atomic E-state index is 5.61. The average molecular weight is 284 g/mol. The summed E-state index contributed by atoms with van der Waals surface area (Å²) >= 11 is 9.07. The van der Waals surface area contributed by atoms with Crippen LogP contribution in [0.4, 0.5) is 0 Å². The summed E-state index contributed by atoms with van der Waals surface area (Å²) in [5.74, 6) is 0.840. The van der Waals surface area contributed by atoms with Crippen LogP contribution in [0.15, 0.2) is 0 Å². The zero-order valence-corrected chi connectivity index (χ0v) is 11.6. The molecule has 0 spiro atoms. The van der Waals surface area contributed by atoms with Crippen LogP contribution >= 0.6 is 27.5 Å². The Labute approximate surface area is 103 Å². The van der Waals surface area contributed by atoms with Crippen molar-refractivity contribution in [3.05, 3.63) is 0 Å². The predicted octanol–water partition coefficient (Wildman–Crippen LogP) is 5.52. The van der Waals surface area contributed by atoms with Gasteiger partial charge in [-0.2, -0.15) is 0 Å². The SMILES string of the molecule is ClCCCCCCCCCCCCBr. The van der Waals surface area contributed by atoms with E-state index in [2.05, 4.69) is 15.9 Å². The molecule has 0 saturated heterocycles. The molecule has 0 heterocycles. The van der Waals surface area contributed by atoms with Gasteiger partial charge in [-0.3, -0.25) is 0 Å². The molecule has 0 aliphatic heterocycles. The summed E-state index contributed by atoms with van der Waals surface area (Å²) in [6.45, 7) is 0. The van der Waals surface area contributed by atoms with E-state index in [0.717, 1.165) is 5.88 Å². The molecule has 0 fully saturated rings. The van der Waals surface area contributed by atoms with Crippen LogP contribution in [-0.4, -0.2) is 11.2 Å². The largest absolute Gasteiger partial charge is 0.127 e. The van der Waals surface area contributed by atoms with E-state index in [4.69, 9.17) is 11.6 Å². The van der Waals surface area contributed by atoms with Crippen LogP contribution in [0.25, 0.3) is 0 Å². The molecule has 2 heteroatoms. The topological polar surface area (TPSA) is 0 Å². The molecule has 0 rings (SSSR count). The lowest BCUT2D eigenvalue weighted by molar-refractivity contribution is 0.564. The van der Waals surface area contributed by atoms with Crippen molar-refractivity contribution in [2.24, 2.45) is 0 Å². The lowest BCUT2D eigenvalue weighted by Crippen LogP contribution is -1.82. The van der Waals surface area contributed by atoms with Gasteiger partial charge in [0.15, 0.2) is 0 Å². The van der Waals surface area contributed by atoms with Gasteiger partial charge < -0.3 is 0 Å². The van der Waals surface area contributed by atoms with Crippen molar-refractivity contribution >= 4 is 27.5 Å². The fraction of sp³-hybridized carbons (Fsp3) is 1.00. The van der Waals surface area contributed by atoms with Gasteiger partial charge in [-0.15, -0.1) is 11.6 Å². The van der Waals surface area contributed by atoms with Crippen molar-refractivity contribution in [1.82, 2.24) is 0 Å². The number of unbranched alkanes of at least 4 members (excludes halogenated alkanes) is 9. The minimum absolute atomic E-state index is 0.840. The van der Waals surface area contributed by atoms with Crippen molar-refractivity contribution in [2.45, 2.75) is 64.2 Å². The molecular formula is C12H24BrCl. The van der Waals surface area contributed by atoms with Crippen molar-refractivity contribution < 1.29 is 0 Å². The van der Waals surface area contributed by atoms with E-state index in [1.54, 1.807) is 0 Å². The Morgan fingerprint density at radius 2 is 0.929 bits per heavy atom. The minimum atomic E-state index is 0.840. The molecule has 86 valence electrons. The molecule has 0 aliphatic rings. The third-order valence-corrected chi connectivity index (χ3v) is 3.35. The Morgan fingerprint density at radius 1 is 0.571 bits per heavy atom. The predicted molar refractivity (Wildman–Crippen MR) is 70.7 cm³/mol. The van der Waals surface area contributed by atoms with Gasteiger partial charge >= 0.3 is 0 Å². The summed E-state index contributed by atoms with van der Waals surface area (Å²) in [5, 5.41) is 1.17. The van der Waals surface area contributed by atoms with Crippen LogP contribution in [0.3, 0.4) is 0 Å². The highest BCUT2D eigenvalue weighted by Gasteiger charge is 1.92. The molecule has 0 N–H and O–H groups in total. The second-order valence-electron chi connectivity index (χ2n) is 3.91. The van der Waals surface area contributed by atoms with Crippen LogP contribution in [0.5, 0.6) is 0 Å². The van der Waals surface area contributed by atoms with Crippen molar-refractivity contribution in [2.75, 3.05) is 11.2 Å². The lowest BCUT2D eigenvalue weighted by atomic mass is 10.1. The van der Waals surface area contributed by atoms with E-state index < -0.39 is 0 Å². The molecule has 0 aromatic carbocycles. The first kappa shape index (κ1) is 14.8. The maximum Gasteiger partial charge on any atom is 0.0223 e. The summed E-state index contributed by atoms with van der Waals surface area (Å²) in [5.41, 5.74) is 0. The normalized spacial score (nSPS) is 10.7. The Kier molecular flexibility index (Phi) is 14.5. The van der Waals surface area contributed by atoms with Gasteiger partial charge in [0.25, 0.3) is 0 Å². The van der Waals surface area contributed by atoms with Gasteiger partial charge in [-0.05, 0) is 12.8 Å². The number of alkyl halides is 2. The Hall–Kier alpha value is 0.770. The van der Waals surface area contributed by atoms with E-state index in [9.17, 15) is 0 Å². The van der Waals surface area contributed by atoms with Crippen molar-refractivity contribution in [1.29, 1.82) is 0 Å². The third-order valence-electron chi connectivity index (χ3n) is 2.52. The van der Waals surface area contributed by atoms with E-state index in [0.29, 0.717) is 0 Å². The number of hydrogen-bond acceptors (Lipinski definition) is 0. The minimum Gasteiger partial charge on any atom is -0.127 e. The van der Waals surface area contributed by atoms with Crippen LogP contribution in [0, 0.1) is 0 Å². The lowest BCUT2D eigenvalue weighted by Gasteiger charge is -2.01. The first-order valence-electron chi connectivity index (χ1n) is 6.03.